The maximum atomic E-state index is 11.7. The minimum atomic E-state index is -0.453. The average molecular weight is 263 g/mol. The van der Waals surface area contributed by atoms with Crippen molar-refractivity contribution in [1.82, 2.24) is 4.90 Å². The van der Waals surface area contributed by atoms with Crippen molar-refractivity contribution in [2.75, 3.05) is 27.8 Å². The fourth-order valence-corrected chi connectivity index (χ4v) is 1.38. The molecular weight excluding hydrogens is 246 g/mol. The van der Waals surface area contributed by atoms with E-state index in [2.05, 4.69) is 4.74 Å². The minimum Gasteiger partial charge on any atom is -0.497 e. The molecule has 0 radical (unpaired) electrons. The van der Waals surface area contributed by atoms with Gasteiger partial charge in [-0.2, -0.15) is 0 Å². The first kappa shape index (κ1) is 14.8. The largest absolute Gasteiger partial charge is 0.497 e. The Morgan fingerprint density at radius 1 is 1.32 bits per heavy atom. The first-order valence-corrected chi connectivity index (χ1v) is 5.71. The van der Waals surface area contributed by atoms with Crippen molar-refractivity contribution < 1.29 is 19.1 Å². The summed E-state index contributed by atoms with van der Waals surface area (Å²) in [4.78, 5) is 24.0. The molecule has 0 saturated carbocycles. The molecule has 5 heteroatoms. The smallest absolute Gasteiger partial charge is 0.325 e. The Morgan fingerprint density at radius 2 is 2.05 bits per heavy atom. The van der Waals surface area contributed by atoms with Gasteiger partial charge in [-0.25, -0.2) is 0 Å². The summed E-state index contributed by atoms with van der Waals surface area (Å²) >= 11 is 0. The Labute approximate surface area is 112 Å². The average Bonchev–Trinajstić information content (AvgIpc) is 2.44. The molecule has 0 aliphatic carbocycles. The predicted molar refractivity (Wildman–Crippen MR) is 71.7 cm³/mol. The molecule has 1 amide bonds. The lowest BCUT2D eigenvalue weighted by molar-refractivity contribution is -0.144. The Bertz CT molecular complexity index is 482. The third-order valence-corrected chi connectivity index (χ3v) is 2.48. The summed E-state index contributed by atoms with van der Waals surface area (Å²) in [7, 11) is 4.40. The maximum Gasteiger partial charge on any atom is 0.325 e. The van der Waals surface area contributed by atoms with Gasteiger partial charge in [0.2, 0.25) is 5.91 Å². The van der Waals surface area contributed by atoms with Crippen LogP contribution in [0.3, 0.4) is 0 Å². The molecule has 0 aromatic heterocycles. The van der Waals surface area contributed by atoms with Crippen molar-refractivity contribution in [2.24, 2.45) is 0 Å². The number of benzene rings is 1. The highest BCUT2D eigenvalue weighted by Crippen LogP contribution is 2.13. The van der Waals surface area contributed by atoms with Crippen LogP contribution >= 0.6 is 0 Å². The van der Waals surface area contributed by atoms with Crippen LogP contribution in [-0.4, -0.2) is 44.6 Å². The van der Waals surface area contributed by atoms with Gasteiger partial charge in [0.1, 0.15) is 12.3 Å². The minimum absolute atomic E-state index is 0.0716. The molecule has 0 aliphatic rings. The highest BCUT2D eigenvalue weighted by Gasteiger charge is 2.09. The quantitative estimate of drug-likeness (QED) is 0.594. The molecule has 0 unspecified atom stereocenters. The number of rotatable bonds is 5. The fourth-order valence-electron chi connectivity index (χ4n) is 1.38. The summed E-state index contributed by atoms with van der Waals surface area (Å²) in [5.41, 5.74) is 0.846. The zero-order chi connectivity index (χ0) is 14.3. The van der Waals surface area contributed by atoms with E-state index in [1.165, 1.54) is 25.1 Å². The van der Waals surface area contributed by atoms with E-state index in [4.69, 9.17) is 4.74 Å². The molecule has 1 aromatic rings. The summed E-state index contributed by atoms with van der Waals surface area (Å²) in [5, 5.41) is 0. The summed E-state index contributed by atoms with van der Waals surface area (Å²) in [6, 6.07) is 7.32. The van der Waals surface area contributed by atoms with Gasteiger partial charge in [-0.3, -0.25) is 9.59 Å². The van der Waals surface area contributed by atoms with Crippen molar-refractivity contribution in [3.8, 4) is 5.75 Å². The van der Waals surface area contributed by atoms with E-state index in [1.807, 2.05) is 24.3 Å². The highest BCUT2D eigenvalue weighted by molar-refractivity contribution is 5.93. The Balaban J connectivity index is 2.64. The standard InChI is InChI=1S/C14H17NO4/c1-15(10-14(17)19-3)13(16)8-7-11-5-4-6-12(9-11)18-2/h4-9H,10H2,1-3H3/b8-7+. The van der Waals surface area contributed by atoms with Gasteiger partial charge in [0, 0.05) is 13.1 Å². The van der Waals surface area contributed by atoms with Gasteiger partial charge in [0.05, 0.1) is 14.2 Å². The van der Waals surface area contributed by atoms with Crippen LogP contribution < -0.4 is 4.74 Å². The number of carbonyl (C=O) groups is 2. The van der Waals surface area contributed by atoms with Crippen LogP contribution in [0.25, 0.3) is 6.08 Å². The third-order valence-electron chi connectivity index (χ3n) is 2.48. The molecule has 0 saturated heterocycles. The lowest BCUT2D eigenvalue weighted by Gasteiger charge is -2.12. The summed E-state index contributed by atoms with van der Waals surface area (Å²) in [5.74, 6) is -0.00337. The van der Waals surface area contributed by atoms with Crippen LogP contribution in [0, 0.1) is 0 Å². The van der Waals surface area contributed by atoms with E-state index in [-0.39, 0.29) is 12.5 Å². The SMILES string of the molecule is COC(=O)CN(C)C(=O)/C=C/c1cccc(OC)c1. The van der Waals surface area contributed by atoms with Gasteiger partial charge in [-0.15, -0.1) is 0 Å². The molecule has 1 rings (SSSR count). The van der Waals surface area contributed by atoms with E-state index < -0.39 is 5.97 Å². The maximum absolute atomic E-state index is 11.7. The van der Waals surface area contributed by atoms with Crippen molar-refractivity contribution >= 4 is 18.0 Å². The number of esters is 1. The highest BCUT2D eigenvalue weighted by atomic mass is 16.5. The van der Waals surface area contributed by atoms with Gasteiger partial charge in [-0.05, 0) is 23.8 Å². The van der Waals surface area contributed by atoms with Crippen LogP contribution in [0.1, 0.15) is 5.56 Å². The number of hydrogen-bond donors (Lipinski definition) is 0. The second-order valence-electron chi connectivity index (χ2n) is 3.88. The van der Waals surface area contributed by atoms with Gasteiger partial charge >= 0.3 is 5.97 Å². The molecule has 1 aromatic carbocycles. The van der Waals surface area contributed by atoms with Gasteiger partial charge in [0.25, 0.3) is 0 Å². The monoisotopic (exact) mass is 263 g/mol. The molecular formula is C14H17NO4. The topological polar surface area (TPSA) is 55.8 Å². The summed E-state index contributed by atoms with van der Waals surface area (Å²) in [6.07, 6.45) is 3.07. The Kier molecular flexibility index (Phi) is 5.60. The number of likely N-dealkylation sites (N-methyl/N-ethyl adjacent to an activating group) is 1. The second-order valence-corrected chi connectivity index (χ2v) is 3.88. The fraction of sp³-hybridized carbons (Fsp3) is 0.286. The van der Waals surface area contributed by atoms with Crippen LogP contribution in [0.15, 0.2) is 30.3 Å². The number of methoxy groups -OCH3 is 2. The molecule has 0 aliphatic heterocycles. The van der Waals surface area contributed by atoms with Gasteiger partial charge < -0.3 is 14.4 Å². The van der Waals surface area contributed by atoms with Crippen LogP contribution in [0.5, 0.6) is 5.75 Å². The molecule has 5 nitrogen and oxygen atoms in total. The molecule has 0 bridgehead atoms. The molecule has 0 fully saturated rings. The number of amides is 1. The second kappa shape index (κ2) is 7.20. The lowest BCUT2D eigenvalue weighted by atomic mass is 10.2. The molecule has 102 valence electrons. The number of nitrogens with zero attached hydrogens (tertiary/aromatic N) is 1. The van der Waals surface area contributed by atoms with Gasteiger partial charge in [-0.1, -0.05) is 12.1 Å². The first-order valence-electron chi connectivity index (χ1n) is 5.71. The predicted octanol–water partition coefficient (Wildman–Crippen LogP) is 1.34. The summed E-state index contributed by atoms with van der Waals surface area (Å²) < 4.78 is 9.58. The molecule has 0 spiro atoms. The van der Waals surface area contributed by atoms with Crippen molar-refractivity contribution in [1.29, 1.82) is 0 Å². The summed E-state index contributed by atoms with van der Waals surface area (Å²) in [6.45, 7) is -0.0716. The zero-order valence-electron chi connectivity index (χ0n) is 11.3. The Morgan fingerprint density at radius 3 is 2.68 bits per heavy atom. The van der Waals surface area contributed by atoms with E-state index in [9.17, 15) is 9.59 Å². The number of hydrogen-bond acceptors (Lipinski definition) is 4. The zero-order valence-corrected chi connectivity index (χ0v) is 11.3. The first-order chi connectivity index (χ1) is 9.06. The molecule has 0 N–H and O–H groups in total. The number of carbonyl (C=O) groups excluding carboxylic acids is 2. The van der Waals surface area contributed by atoms with Crippen LogP contribution in [0.4, 0.5) is 0 Å². The van der Waals surface area contributed by atoms with Crippen molar-refractivity contribution in [3.05, 3.63) is 35.9 Å². The van der Waals surface area contributed by atoms with Crippen molar-refractivity contribution in [2.45, 2.75) is 0 Å². The molecule has 0 heterocycles. The lowest BCUT2D eigenvalue weighted by Crippen LogP contribution is -2.31. The van der Waals surface area contributed by atoms with Gasteiger partial charge in [0.15, 0.2) is 0 Å². The number of ether oxygens (including phenoxy) is 2. The van der Waals surface area contributed by atoms with E-state index in [0.717, 1.165) is 11.3 Å². The molecule has 19 heavy (non-hydrogen) atoms. The van der Waals surface area contributed by atoms with E-state index >= 15 is 0 Å². The van der Waals surface area contributed by atoms with Crippen LogP contribution in [-0.2, 0) is 14.3 Å². The van der Waals surface area contributed by atoms with E-state index in [1.54, 1.807) is 13.2 Å². The third kappa shape index (κ3) is 4.83. The van der Waals surface area contributed by atoms with E-state index in [0.29, 0.717) is 0 Å². The van der Waals surface area contributed by atoms with Crippen molar-refractivity contribution in [3.63, 3.8) is 0 Å². The normalized spacial score (nSPS) is 10.3. The van der Waals surface area contributed by atoms with Crippen LogP contribution in [0.2, 0.25) is 0 Å². The Hall–Kier alpha value is -2.30. The molecule has 0 atom stereocenters.